The van der Waals surface area contributed by atoms with Gasteiger partial charge in [0.1, 0.15) is 0 Å². The van der Waals surface area contributed by atoms with Crippen LogP contribution in [0.1, 0.15) is 40.0 Å². The van der Waals surface area contributed by atoms with Crippen LogP contribution >= 0.6 is 0 Å². The minimum atomic E-state index is -4.69. The number of alkyl halides is 3. The lowest BCUT2D eigenvalue weighted by Crippen LogP contribution is -2.46. The van der Waals surface area contributed by atoms with E-state index in [1.54, 1.807) is 19.3 Å². The summed E-state index contributed by atoms with van der Waals surface area (Å²) < 4.78 is 40.9. The molecule has 0 bridgehead atoms. The third-order valence-electron chi connectivity index (χ3n) is 6.35. The van der Waals surface area contributed by atoms with E-state index in [0.29, 0.717) is 25.9 Å². The summed E-state index contributed by atoms with van der Waals surface area (Å²) in [6.45, 7) is 5.21. The van der Waals surface area contributed by atoms with Crippen LogP contribution in [0.25, 0.3) is 11.3 Å². The maximum absolute atomic E-state index is 13.3. The van der Waals surface area contributed by atoms with Gasteiger partial charge in [0.15, 0.2) is 11.5 Å². The molecule has 4 heterocycles. The first-order chi connectivity index (χ1) is 16.1. The predicted molar refractivity (Wildman–Crippen MR) is 117 cm³/mol. The van der Waals surface area contributed by atoms with E-state index in [-0.39, 0.29) is 6.04 Å². The van der Waals surface area contributed by atoms with E-state index in [9.17, 15) is 18.0 Å². The monoisotopic (exact) mass is 472 g/mol. The van der Waals surface area contributed by atoms with Gasteiger partial charge >= 0.3 is 18.6 Å². The molecule has 1 amide bonds. The molecule has 1 saturated heterocycles. The number of rotatable bonds is 4. The second kappa shape index (κ2) is 8.93. The van der Waals surface area contributed by atoms with Crippen LogP contribution in [0.15, 0.2) is 24.5 Å². The molecular weight excluding hydrogens is 447 g/mol. The van der Waals surface area contributed by atoms with E-state index in [1.165, 1.54) is 11.9 Å². The Bertz CT molecular complexity index is 1190. The number of aromatic nitrogens is 5. The highest BCUT2D eigenvalue weighted by atomic mass is 19.4. The van der Waals surface area contributed by atoms with Crippen molar-refractivity contribution in [2.24, 2.45) is 7.05 Å². The SMILES string of the molecule is Cc1c(-c2cc#[n+]cc2)nnc(N2CCC(N(C)C(=O)c3cn(C)nc3C(F)(F)F)CC2)c1C. The summed E-state index contributed by atoms with van der Waals surface area (Å²) in [6, 6.07) is 3.43. The third kappa shape index (κ3) is 4.40. The van der Waals surface area contributed by atoms with E-state index < -0.39 is 23.3 Å². The molecule has 0 aromatic carbocycles. The quantitative estimate of drug-likeness (QED) is 0.581. The van der Waals surface area contributed by atoms with Gasteiger partial charge in [-0.3, -0.25) is 9.48 Å². The van der Waals surface area contributed by atoms with Crippen LogP contribution in [0.4, 0.5) is 19.0 Å². The second-order valence-corrected chi connectivity index (χ2v) is 8.49. The van der Waals surface area contributed by atoms with E-state index >= 15 is 0 Å². The number of nitrogens with zero attached hydrogens (tertiary/aromatic N) is 7. The molecule has 0 N–H and O–H groups in total. The Kier molecular flexibility index (Phi) is 6.17. The Hall–Kier alpha value is -3.68. The lowest BCUT2D eigenvalue weighted by atomic mass is 10.0. The summed E-state index contributed by atoms with van der Waals surface area (Å²) in [6.07, 6.45) is 2.10. The van der Waals surface area contributed by atoms with Gasteiger partial charge < -0.3 is 9.80 Å². The van der Waals surface area contributed by atoms with Gasteiger partial charge in [0.2, 0.25) is 0 Å². The first-order valence-electron chi connectivity index (χ1n) is 10.9. The smallest absolute Gasteiger partial charge is 0.355 e. The molecule has 3 aromatic heterocycles. The normalized spacial score (nSPS) is 14.7. The van der Waals surface area contributed by atoms with Crippen molar-refractivity contribution in [3.8, 4) is 11.3 Å². The summed E-state index contributed by atoms with van der Waals surface area (Å²) >= 11 is 0. The fraction of sp³-hybridized carbons (Fsp3) is 0.435. The van der Waals surface area contributed by atoms with Crippen molar-refractivity contribution in [3.63, 3.8) is 0 Å². The van der Waals surface area contributed by atoms with Crippen LogP contribution in [0.3, 0.4) is 0 Å². The molecule has 4 rings (SSSR count). The number of aryl methyl sites for hydroxylation is 1. The fourth-order valence-corrected chi connectivity index (χ4v) is 4.31. The largest absolute Gasteiger partial charge is 0.435 e. The topological polar surface area (TPSA) is 81.3 Å². The molecule has 1 aliphatic heterocycles. The average molecular weight is 472 g/mol. The van der Waals surface area contributed by atoms with Gasteiger partial charge in [0.25, 0.3) is 5.91 Å². The number of halogens is 3. The number of anilines is 1. The van der Waals surface area contributed by atoms with Crippen LogP contribution in [0.5, 0.6) is 0 Å². The predicted octanol–water partition coefficient (Wildman–Crippen LogP) is 2.65. The van der Waals surface area contributed by atoms with Crippen molar-refractivity contribution in [1.82, 2.24) is 24.9 Å². The van der Waals surface area contributed by atoms with Crippen molar-refractivity contribution in [1.29, 1.82) is 0 Å². The van der Waals surface area contributed by atoms with Crippen molar-refractivity contribution in [3.05, 3.63) is 53.1 Å². The van der Waals surface area contributed by atoms with Gasteiger partial charge in [0, 0.05) is 51.1 Å². The maximum Gasteiger partial charge on any atom is 0.435 e. The van der Waals surface area contributed by atoms with Gasteiger partial charge in [-0.1, -0.05) is 0 Å². The van der Waals surface area contributed by atoms with Crippen molar-refractivity contribution in [2.45, 2.75) is 38.9 Å². The van der Waals surface area contributed by atoms with E-state index in [2.05, 4.69) is 31.4 Å². The van der Waals surface area contributed by atoms with E-state index in [4.69, 9.17) is 0 Å². The highest BCUT2D eigenvalue weighted by Crippen LogP contribution is 2.32. The van der Waals surface area contributed by atoms with Gasteiger partial charge in [-0.25, -0.2) is 0 Å². The Morgan fingerprint density at radius 2 is 1.91 bits per heavy atom. The lowest BCUT2D eigenvalue weighted by Gasteiger charge is -2.37. The van der Waals surface area contributed by atoms with Crippen LogP contribution < -0.4 is 9.88 Å². The summed E-state index contributed by atoms with van der Waals surface area (Å²) in [5.74, 6) is 0.0996. The first kappa shape index (κ1) is 23.5. The molecule has 178 valence electrons. The minimum absolute atomic E-state index is 0.189. The zero-order valence-corrected chi connectivity index (χ0v) is 19.4. The van der Waals surface area contributed by atoms with Crippen LogP contribution in [-0.4, -0.2) is 57.0 Å². The van der Waals surface area contributed by atoms with Crippen molar-refractivity contribution >= 4 is 11.7 Å². The summed E-state index contributed by atoms with van der Waals surface area (Å²) in [4.78, 5) is 20.3. The second-order valence-electron chi connectivity index (χ2n) is 8.49. The molecule has 8 nitrogen and oxygen atoms in total. The number of carbonyl (C=O) groups is 1. The van der Waals surface area contributed by atoms with Gasteiger partial charge in [-0.05, 0) is 42.8 Å². The van der Waals surface area contributed by atoms with Crippen LogP contribution in [-0.2, 0) is 13.2 Å². The Morgan fingerprint density at radius 1 is 1.21 bits per heavy atom. The molecule has 0 aliphatic carbocycles. The zero-order valence-electron chi connectivity index (χ0n) is 19.4. The first-order valence-corrected chi connectivity index (χ1v) is 10.9. The zero-order chi connectivity index (χ0) is 24.6. The summed E-state index contributed by atoms with van der Waals surface area (Å²) in [5.41, 5.74) is 2.10. The van der Waals surface area contributed by atoms with Gasteiger partial charge in [-0.2, -0.15) is 18.3 Å². The number of hydrogen-bond acceptors (Lipinski definition) is 5. The lowest BCUT2D eigenvalue weighted by molar-refractivity contribution is -0.293. The Labute approximate surface area is 195 Å². The Morgan fingerprint density at radius 3 is 2.53 bits per heavy atom. The fourth-order valence-electron chi connectivity index (χ4n) is 4.31. The highest BCUT2D eigenvalue weighted by Gasteiger charge is 2.40. The minimum Gasteiger partial charge on any atom is -0.355 e. The standard InChI is InChI=1S/C23H25F3N7O/c1-14-15(2)21(29-28-19(14)16-5-9-27-10-6-16)33-11-7-17(8-12-33)32(4)22(34)18-13-31(3)30-20(18)23(24,25)26/h5-6,9,13,17H,7-8,11-12H2,1-4H3/q+1. The third-order valence-corrected chi connectivity index (χ3v) is 6.35. The van der Waals surface area contributed by atoms with Crippen LogP contribution in [0.2, 0.25) is 0 Å². The number of amides is 1. The number of piperidine rings is 1. The average Bonchev–Trinajstić information content (AvgIpc) is 3.23. The molecule has 3 aromatic rings. The molecule has 0 saturated carbocycles. The van der Waals surface area contributed by atoms with Gasteiger partial charge in [0.05, 0.1) is 17.3 Å². The summed E-state index contributed by atoms with van der Waals surface area (Å²) in [5, 5.41) is 12.3. The molecule has 0 unspecified atom stereocenters. The molecule has 0 spiro atoms. The van der Waals surface area contributed by atoms with Gasteiger partial charge in [-0.15, -0.1) is 10.2 Å². The molecular formula is C23H25F3N7O+. The molecule has 1 aliphatic rings. The Balaban J connectivity index is 1.47. The highest BCUT2D eigenvalue weighted by molar-refractivity contribution is 5.95. The number of hydrogen-bond donors (Lipinski definition) is 0. The maximum atomic E-state index is 13.3. The van der Waals surface area contributed by atoms with Crippen molar-refractivity contribution < 1.29 is 22.9 Å². The molecule has 0 radical (unpaired) electrons. The van der Waals surface area contributed by atoms with Crippen molar-refractivity contribution in [2.75, 3.05) is 25.0 Å². The molecule has 11 heteroatoms. The van der Waals surface area contributed by atoms with Crippen LogP contribution in [0, 0.1) is 20.0 Å². The molecule has 1 fully saturated rings. The molecule has 0 atom stereocenters. The summed E-state index contributed by atoms with van der Waals surface area (Å²) in [7, 11) is 2.92. The van der Waals surface area contributed by atoms with E-state index in [1.807, 2.05) is 19.9 Å². The number of carbonyl (C=O) groups excluding carboxylic acids is 1. The molecule has 34 heavy (non-hydrogen) atoms. The van der Waals surface area contributed by atoms with E-state index in [0.717, 1.165) is 39.1 Å².